The van der Waals surface area contributed by atoms with Gasteiger partial charge in [-0.25, -0.2) is 8.78 Å². The first-order valence-corrected chi connectivity index (χ1v) is 6.32. The Kier molecular flexibility index (Phi) is 2.63. The summed E-state index contributed by atoms with van der Waals surface area (Å²) >= 11 is 0. The molecule has 2 bridgehead atoms. The molecule has 0 spiro atoms. The first-order valence-electron chi connectivity index (χ1n) is 6.32. The van der Waals surface area contributed by atoms with Gasteiger partial charge in [0.25, 0.3) is 5.92 Å². The van der Waals surface area contributed by atoms with Gasteiger partial charge in [-0.3, -0.25) is 0 Å². The van der Waals surface area contributed by atoms with Crippen molar-refractivity contribution in [2.75, 3.05) is 7.11 Å². The lowest BCUT2D eigenvalue weighted by Crippen LogP contribution is -2.60. The van der Waals surface area contributed by atoms with E-state index in [1.165, 1.54) is 7.11 Å². The van der Waals surface area contributed by atoms with Crippen molar-refractivity contribution in [3.8, 4) is 5.75 Å². The van der Waals surface area contributed by atoms with Gasteiger partial charge in [0.1, 0.15) is 5.75 Å². The van der Waals surface area contributed by atoms with Gasteiger partial charge in [-0.05, 0) is 43.4 Å². The second kappa shape index (κ2) is 3.86. The van der Waals surface area contributed by atoms with Gasteiger partial charge in [0, 0.05) is 11.0 Å². The summed E-state index contributed by atoms with van der Waals surface area (Å²) in [5, 5.41) is 0. The van der Waals surface area contributed by atoms with E-state index in [9.17, 15) is 22.0 Å². The molecule has 0 heterocycles. The molecular formula is C14H13F5O. The molecule has 4 rings (SSSR count). The van der Waals surface area contributed by atoms with Crippen LogP contribution in [-0.4, -0.2) is 7.11 Å². The zero-order valence-electron chi connectivity index (χ0n) is 10.7. The number of alkyl halides is 5. The number of ether oxygens (including phenoxy) is 1. The van der Waals surface area contributed by atoms with Crippen molar-refractivity contribution in [2.24, 2.45) is 11.3 Å². The molecular weight excluding hydrogens is 279 g/mol. The molecule has 0 aromatic heterocycles. The number of hydrogen-bond donors (Lipinski definition) is 0. The molecule has 3 saturated carbocycles. The molecule has 0 unspecified atom stereocenters. The lowest BCUT2D eigenvalue weighted by atomic mass is 9.41. The third-order valence-corrected chi connectivity index (χ3v) is 4.54. The molecule has 1 aromatic rings. The fourth-order valence-corrected chi connectivity index (χ4v) is 3.23. The van der Waals surface area contributed by atoms with Gasteiger partial charge >= 0.3 is 6.18 Å². The number of rotatable bonds is 3. The van der Waals surface area contributed by atoms with Gasteiger partial charge in [-0.15, -0.1) is 0 Å². The van der Waals surface area contributed by atoms with Crippen LogP contribution in [0, 0.1) is 11.3 Å². The summed E-state index contributed by atoms with van der Waals surface area (Å²) in [6, 6.07) is 2.29. The normalized spacial score (nSPS) is 28.6. The van der Waals surface area contributed by atoms with Gasteiger partial charge in [-0.2, -0.15) is 13.2 Å². The van der Waals surface area contributed by atoms with Crippen LogP contribution in [0.15, 0.2) is 18.2 Å². The van der Waals surface area contributed by atoms with Gasteiger partial charge in [0.15, 0.2) is 0 Å². The highest BCUT2D eigenvalue weighted by Gasteiger charge is 2.70. The Balaban J connectivity index is 2.04. The monoisotopic (exact) mass is 292 g/mol. The first kappa shape index (κ1) is 13.6. The van der Waals surface area contributed by atoms with Crippen molar-refractivity contribution in [1.82, 2.24) is 0 Å². The number of hydrogen-bond acceptors (Lipinski definition) is 1. The topological polar surface area (TPSA) is 9.23 Å². The van der Waals surface area contributed by atoms with Crippen molar-refractivity contribution < 1.29 is 26.7 Å². The standard InChI is InChI=1S/C14H13F5O/c1-20-11-3-9(2-10(4-11)14(17,18)19)13(15,16)12-5-8(6-12)7-12/h2-4,8H,5-7H2,1H3. The van der Waals surface area contributed by atoms with Crippen LogP contribution in [0.2, 0.25) is 0 Å². The Morgan fingerprint density at radius 1 is 1.00 bits per heavy atom. The number of methoxy groups -OCH3 is 1. The van der Waals surface area contributed by atoms with Gasteiger partial charge < -0.3 is 4.74 Å². The Morgan fingerprint density at radius 3 is 1.95 bits per heavy atom. The van der Waals surface area contributed by atoms with Gasteiger partial charge in [0.05, 0.1) is 12.7 Å². The summed E-state index contributed by atoms with van der Waals surface area (Å²) in [6.45, 7) is 0. The van der Waals surface area contributed by atoms with E-state index in [2.05, 4.69) is 0 Å². The van der Waals surface area contributed by atoms with Crippen molar-refractivity contribution in [3.05, 3.63) is 29.3 Å². The first-order chi connectivity index (χ1) is 9.18. The van der Waals surface area contributed by atoms with E-state index in [0.29, 0.717) is 31.2 Å². The third kappa shape index (κ3) is 1.73. The van der Waals surface area contributed by atoms with Crippen LogP contribution in [-0.2, 0) is 12.1 Å². The summed E-state index contributed by atoms with van der Waals surface area (Å²) < 4.78 is 72.0. The van der Waals surface area contributed by atoms with Crippen molar-refractivity contribution in [1.29, 1.82) is 0 Å². The largest absolute Gasteiger partial charge is 0.497 e. The zero-order chi connectivity index (χ0) is 14.8. The molecule has 20 heavy (non-hydrogen) atoms. The lowest BCUT2D eigenvalue weighted by Gasteiger charge is -2.64. The number of benzene rings is 1. The molecule has 0 N–H and O–H groups in total. The molecule has 0 aliphatic heterocycles. The zero-order valence-corrected chi connectivity index (χ0v) is 10.7. The smallest absolute Gasteiger partial charge is 0.416 e. The van der Waals surface area contributed by atoms with E-state index in [-0.39, 0.29) is 5.75 Å². The molecule has 3 aliphatic rings. The molecule has 1 nitrogen and oxygen atoms in total. The minimum absolute atomic E-state index is 0.193. The van der Waals surface area contributed by atoms with Crippen LogP contribution in [0.1, 0.15) is 30.4 Å². The fraction of sp³-hybridized carbons (Fsp3) is 0.571. The van der Waals surface area contributed by atoms with Crippen LogP contribution in [0.25, 0.3) is 0 Å². The van der Waals surface area contributed by atoms with Crippen molar-refractivity contribution >= 4 is 0 Å². The van der Waals surface area contributed by atoms with Crippen LogP contribution in [0.4, 0.5) is 22.0 Å². The van der Waals surface area contributed by atoms with Crippen LogP contribution >= 0.6 is 0 Å². The van der Waals surface area contributed by atoms with E-state index in [1.54, 1.807) is 0 Å². The van der Waals surface area contributed by atoms with Crippen molar-refractivity contribution in [2.45, 2.75) is 31.4 Å². The molecule has 1 aromatic carbocycles. The molecule has 6 heteroatoms. The summed E-state index contributed by atoms with van der Waals surface area (Å²) in [6.07, 6.45) is -3.46. The van der Waals surface area contributed by atoms with E-state index in [4.69, 9.17) is 4.74 Å². The highest BCUT2D eigenvalue weighted by Crippen LogP contribution is 2.73. The average molecular weight is 292 g/mol. The summed E-state index contributed by atoms with van der Waals surface area (Å²) in [5.41, 5.74) is -2.83. The maximum absolute atomic E-state index is 14.5. The SMILES string of the molecule is COc1cc(C(F)(F)F)cc(C(F)(F)C23CC(C2)C3)c1. The highest BCUT2D eigenvalue weighted by atomic mass is 19.4. The summed E-state index contributed by atoms with van der Waals surface area (Å²) in [7, 11) is 1.17. The Hall–Kier alpha value is -1.33. The second-order valence-corrected chi connectivity index (χ2v) is 5.78. The fourth-order valence-electron chi connectivity index (χ4n) is 3.23. The van der Waals surface area contributed by atoms with Crippen LogP contribution < -0.4 is 4.74 Å². The molecule has 0 radical (unpaired) electrons. The van der Waals surface area contributed by atoms with E-state index in [0.717, 1.165) is 12.1 Å². The predicted octanol–water partition coefficient (Wildman–Crippen LogP) is 4.61. The Morgan fingerprint density at radius 2 is 1.55 bits per heavy atom. The molecule has 0 amide bonds. The third-order valence-electron chi connectivity index (χ3n) is 4.54. The predicted molar refractivity (Wildman–Crippen MR) is 61.7 cm³/mol. The second-order valence-electron chi connectivity index (χ2n) is 5.78. The Labute approximate surface area is 112 Å². The number of halogens is 5. The highest BCUT2D eigenvalue weighted by molar-refractivity contribution is 5.40. The lowest BCUT2D eigenvalue weighted by molar-refractivity contribution is -0.271. The van der Waals surface area contributed by atoms with E-state index < -0.39 is 28.6 Å². The molecule has 0 atom stereocenters. The maximum atomic E-state index is 14.5. The van der Waals surface area contributed by atoms with Crippen LogP contribution in [0.5, 0.6) is 5.75 Å². The summed E-state index contributed by atoms with van der Waals surface area (Å²) in [4.78, 5) is 0. The van der Waals surface area contributed by atoms with E-state index in [1.807, 2.05) is 0 Å². The molecule has 0 saturated heterocycles. The van der Waals surface area contributed by atoms with Gasteiger partial charge in [-0.1, -0.05) is 0 Å². The van der Waals surface area contributed by atoms with Crippen molar-refractivity contribution in [3.63, 3.8) is 0 Å². The molecule has 3 aliphatic carbocycles. The molecule has 3 fully saturated rings. The van der Waals surface area contributed by atoms with Gasteiger partial charge in [0.2, 0.25) is 0 Å². The molecule has 110 valence electrons. The van der Waals surface area contributed by atoms with Crippen LogP contribution in [0.3, 0.4) is 0 Å². The van der Waals surface area contributed by atoms with E-state index >= 15 is 0 Å². The summed E-state index contributed by atoms with van der Waals surface area (Å²) in [5.74, 6) is -3.11. The quantitative estimate of drug-likeness (QED) is 0.739. The Bertz CT molecular complexity index is 532. The minimum Gasteiger partial charge on any atom is -0.497 e. The minimum atomic E-state index is -4.67. The maximum Gasteiger partial charge on any atom is 0.416 e. The average Bonchev–Trinajstić information content (AvgIpc) is 2.22.